The lowest BCUT2D eigenvalue weighted by Gasteiger charge is -2.45. The average molecular weight is 775 g/mol. The molecule has 0 radical (unpaired) electrons. The number of ether oxygens (including phenoxy) is 7. The summed E-state index contributed by atoms with van der Waals surface area (Å²) in [5.74, 6) is -3.17. The van der Waals surface area contributed by atoms with Gasteiger partial charge in [-0.15, -0.1) is 0 Å². The zero-order valence-electron chi connectivity index (χ0n) is 30.9. The minimum atomic E-state index is -1.59. The maximum Gasteiger partial charge on any atom is 0.338 e. The molecule has 6 rings (SSSR count). The van der Waals surface area contributed by atoms with Crippen molar-refractivity contribution >= 4 is 23.9 Å². The Morgan fingerprint density at radius 3 is 1.44 bits per heavy atom. The maximum absolute atomic E-state index is 13.9. The number of hydrogen-bond acceptors (Lipinski definition) is 12. The lowest BCUT2D eigenvalue weighted by Crippen LogP contribution is -2.63. The quantitative estimate of drug-likeness (QED) is 0.0842. The molecule has 0 unspecified atom stereocenters. The minimum Gasteiger partial charge on any atom is -0.459 e. The molecule has 0 spiro atoms. The number of aliphatic hydroxyl groups excluding tert-OH is 1. The van der Waals surface area contributed by atoms with Crippen LogP contribution in [0.25, 0.3) is 0 Å². The van der Waals surface area contributed by atoms with Crippen LogP contribution in [0.1, 0.15) is 53.4 Å². The Balaban J connectivity index is 1.38. The third-order valence-corrected chi connectivity index (χ3v) is 8.93. The first kappa shape index (κ1) is 40.5. The molecule has 1 saturated heterocycles. The van der Waals surface area contributed by atoms with E-state index in [1.807, 2.05) is 30.3 Å². The average Bonchev–Trinajstić information content (AvgIpc) is 3.26. The second-order valence-electron chi connectivity index (χ2n) is 13.0. The first-order valence-corrected chi connectivity index (χ1v) is 18.4. The van der Waals surface area contributed by atoms with Gasteiger partial charge in [-0.05, 0) is 60.5 Å². The van der Waals surface area contributed by atoms with Crippen LogP contribution in [0.4, 0.5) is 0 Å². The third kappa shape index (κ3) is 11.4. The van der Waals surface area contributed by atoms with Crippen LogP contribution < -0.4 is 0 Å². The van der Waals surface area contributed by atoms with E-state index in [4.69, 9.17) is 33.2 Å². The number of carbonyl (C=O) groups excluding carboxylic acids is 4. The Labute approximate surface area is 329 Å². The van der Waals surface area contributed by atoms with Gasteiger partial charge in [-0.3, -0.25) is 0 Å². The van der Waals surface area contributed by atoms with Crippen molar-refractivity contribution in [3.05, 3.63) is 179 Å². The first-order chi connectivity index (χ1) is 27.9. The van der Waals surface area contributed by atoms with Crippen LogP contribution in [0.2, 0.25) is 0 Å². The van der Waals surface area contributed by atoms with E-state index in [0.29, 0.717) is 0 Å². The standard InChI is InChI=1S/C45H42O12/c46-27-26-36(29-51-28-31-16-6-1-7-17-31)53-45-40(57-44(50)35-24-14-5-15-25-35)39(56-43(49)34-22-12-4-13-23-34)38(55-42(48)33-20-10-3-11-21-33)37(54-45)30-52-41(47)32-18-8-2-9-19-32/h1-25,36-40,45-46H,26-30H2/t36-,37+,38+,39-,40+,45+/m0/s1. The molecule has 5 aromatic carbocycles. The second-order valence-corrected chi connectivity index (χ2v) is 13.0. The predicted octanol–water partition coefficient (Wildman–Crippen LogP) is 6.23. The van der Waals surface area contributed by atoms with Gasteiger partial charge >= 0.3 is 23.9 Å². The van der Waals surface area contributed by atoms with E-state index in [9.17, 15) is 24.3 Å². The van der Waals surface area contributed by atoms with Gasteiger partial charge in [-0.25, -0.2) is 19.2 Å². The third-order valence-electron chi connectivity index (χ3n) is 8.93. The molecule has 0 amide bonds. The Bertz CT molecular complexity index is 2010. The molecule has 1 aliphatic heterocycles. The van der Waals surface area contributed by atoms with Crippen LogP contribution in [0.5, 0.6) is 0 Å². The van der Waals surface area contributed by atoms with Crippen LogP contribution in [0, 0.1) is 0 Å². The Hall–Kier alpha value is -6.18. The van der Waals surface area contributed by atoms with Gasteiger partial charge in [0, 0.05) is 6.61 Å². The molecule has 0 aliphatic carbocycles. The summed E-state index contributed by atoms with van der Waals surface area (Å²) < 4.78 is 42.8. The summed E-state index contributed by atoms with van der Waals surface area (Å²) >= 11 is 0. The number of aliphatic hydroxyl groups is 1. The Kier molecular flexibility index (Phi) is 14.7. The van der Waals surface area contributed by atoms with Gasteiger partial charge < -0.3 is 38.3 Å². The van der Waals surface area contributed by atoms with Gasteiger partial charge in [-0.1, -0.05) is 103 Å². The van der Waals surface area contributed by atoms with Crippen molar-refractivity contribution in [2.45, 2.75) is 49.8 Å². The highest BCUT2D eigenvalue weighted by atomic mass is 16.7. The summed E-state index contributed by atoms with van der Waals surface area (Å²) in [5, 5.41) is 10.0. The molecule has 57 heavy (non-hydrogen) atoms. The van der Waals surface area contributed by atoms with E-state index in [1.165, 1.54) is 36.4 Å². The minimum absolute atomic E-state index is 0.0246. The second kappa shape index (κ2) is 20.7. The summed E-state index contributed by atoms with van der Waals surface area (Å²) in [5.41, 5.74) is 1.64. The van der Waals surface area contributed by atoms with Crippen LogP contribution in [-0.4, -0.2) is 85.6 Å². The highest BCUT2D eigenvalue weighted by Crippen LogP contribution is 2.33. The maximum atomic E-state index is 13.9. The smallest absolute Gasteiger partial charge is 0.338 e. The predicted molar refractivity (Wildman–Crippen MR) is 205 cm³/mol. The molecule has 12 nitrogen and oxygen atoms in total. The summed E-state index contributed by atoms with van der Waals surface area (Å²) in [7, 11) is 0. The van der Waals surface area contributed by atoms with Crippen LogP contribution in [-0.2, 0) is 39.8 Å². The topological polar surface area (TPSA) is 153 Å². The van der Waals surface area contributed by atoms with Crippen molar-refractivity contribution in [2.75, 3.05) is 19.8 Å². The molecular formula is C45H42O12. The largest absolute Gasteiger partial charge is 0.459 e. The summed E-state index contributed by atoms with van der Waals surface area (Å²) in [6.07, 6.45) is -8.32. The van der Waals surface area contributed by atoms with Gasteiger partial charge in [0.15, 0.2) is 24.6 Å². The van der Waals surface area contributed by atoms with Gasteiger partial charge in [0.05, 0.1) is 41.6 Å². The number of rotatable bonds is 17. The van der Waals surface area contributed by atoms with Gasteiger partial charge in [0.2, 0.25) is 0 Å². The van der Waals surface area contributed by atoms with Gasteiger partial charge in [0.1, 0.15) is 12.7 Å². The number of esters is 4. The van der Waals surface area contributed by atoms with Gasteiger partial charge in [0.25, 0.3) is 0 Å². The van der Waals surface area contributed by atoms with Crippen molar-refractivity contribution in [1.82, 2.24) is 0 Å². The molecular weight excluding hydrogens is 732 g/mol. The van der Waals surface area contributed by atoms with Crippen LogP contribution in [0.3, 0.4) is 0 Å². The molecule has 1 N–H and O–H groups in total. The van der Waals surface area contributed by atoms with E-state index in [-0.39, 0.29) is 48.5 Å². The van der Waals surface area contributed by atoms with Crippen molar-refractivity contribution in [3.63, 3.8) is 0 Å². The number of carbonyl (C=O) groups is 4. The summed E-state index contributed by atoms with van der Waals surface area (Å²) in [6, 6.07) is 42.0. The van der Waals surface area contributed by atoms with Crippen molar-refractivity contribution < 1.29 is 57.4 Å². The normalized spacial score (nSPS) is 19.4. The molecule has 1 aliphatic rings. The number of hydrogen-bond donors (Lipinski definition) is 1. The lowest BCUT2D eigenvalue weighted by atomic mass is 9.97. The SMILES string of the molecule is O=C(OC[C@H]1O[C@@H](O[C@@H](CCO)COCc2ccccc2)[C@H](OC(=O)c2ccccc2)[C@@H](OC(=O)c2ccccc2)[C@@H]1OC(=O)c1ccccc1)c1ccccc1. The van der Waals surface area contributed by atoms with E-state index < -0.39 is 67.3 Å². The van der Waals surface area contributed by atoms with E-state index in [0.717, 1.165) is 5.56 Å². The summed E-state index contributed by atoms with van der Waals surface area (Å²) in [4.78, 5) is 54.6. The van der Waals surface area contributed by atoms with E-state index >= 15 is 0 Å². The summed E-state index contributed by atoms with van der Waals surface area (Å²) in [6.45, 7) is -0.600. The molecule has 0 saturated carbocycles. The first-order valence-electron chi connectivity index (χ1n) is 18.4. The van der Waals surface area contributed by atoms with E-state index in [2.05, 4.69) is 0 Å². The monoisotopic (exact) mass is 774 g/mol. The molecule has 1 fully saturated rings. The van der Waals surface area contributed by atoms with Crippen molar-refractivity contribution in [2.24, 2.45) is 0 Å². The number of benzene rings is 5. The fraction of sp³-hybridized carbons (Fsp3) is 0.244. The van der Waals surface area contributed by atoms with Crippen molar-refractivity contribution in [1.29, 1.82) is 0 Å². The molecule has 0 aromatic heterocycles. The zero-order valence-corrected chi connectivity index (χ0v) is 30.9. The fourth-order valence-electron chi connectivity index (χ4n) is 6.04. The molecule has 5 aromatic rings. The molecule has 0 bridgehead atoms. The lowest BCUT2D eigenvalue weighted by molar-refractivity contribution is -0.312. The highest BCUT2D eigenvalue weighted by molar-refractivity contribution is 5.91. The van der Waals surface area contributed by atoms with Crippen LogP contribution in [0.15, 0.2) is 152 Å². The van der Waals surface area contributed by atoms with Crippen molar-refractivity contribution in [3.8, 4) is 0 Å². The molecule has 12 heteroatoms. The highest BCUT2D eigenvalue weighted by Gasteiger charge is 2.54. The molecule has 6 atom stereocenters. The van der Waals surface area contributed by atoms with Crippen LogP contribution >= 0.6 is 0 Å². The fourth-order valence-corrected chi connectivity index (χ4v) is 6.04. The zero-order chi connectivity index (χ0) is 39.8. The van der Waals surface area contributed by atoms with Gasteiger partial charge in [-0.2, -0.15) is 0 Å². The Morgan fingerprint density at radius 2 is 0.965 bits per heavy atom. The Morgan fingerprint density at radius 1 is 0.544 bits per heavy atom. The molecule has 1 heterocycles. The molecule has 294 valence electrons. The van der Waals surface area contributed by atoms with E-state index in [1.54, 1.807) is 84.9 Å².